The maximum Gasteiger partial charge on any atom is 0.272 e. The zero-order valence-electron chi connectivity index (χ0n) is 16.0. The van der Waals surface area contributed by atoms with E-state index in [4.69, 9.17) is 4.98 Å². The Morgan fingerprint density at radius 3 is 2.86 bits per heavy atom. The molecule has 0 aromatic carbocycles. The third kappa shape index (κ3) is 3.37. The van der Waals surface area contributed by atoms with Gasteiger partial charge in [-0.15, -0.1) is 11.3 Å². The van der Waals surface area contributed by atoms with Gasteiger partial charge in [0.15, 0.2) is 5.82 Å². The summed E-state index contributed by atoms with van der Waals surface area (Å²) in [6.07, 6.45) is 9.53. The van der Waals surface area contributed by atoms with Crippen molar-refractivity contribution in [3.63, 3.8) is 0 Å². The zero-order chi connectivity index (χ0) is 19.1. The Bertz CT molecular complexity index is 1000. The fourth-order valence-corrected chi connectivity index (χ4v) is 4.63. The van der Waals surface area contributed by atoms with E-state index in [0.717, 1.165) is 42.1 Å². The van der Waals surface area contributed by atoms with Crippen molar-refractivity contribution in [1.82, 2.24) is 24.5 Å². The Kier molecular flexibility index (Phi) is 4.50. The van der Waals surface area contributed by atoms with E-state index in [1.165, 1.54) is 19.3 Å². The average Bonchev–Trinajstić information content (AvgIpc) is 3.34. The highest BCUT2D eigenvalue weighted by Gasteiger charge is 2.29. The molecule has 1 amide bonds. The van der Waals surface area contributed by atoms with Gasteiger partial charge in [-0.25, -0.2) is 14.5 Å². The number of rotatable bonds is 5. The monoisotopic (exact) mass is 396 g/mol. The molecular formula is C20H24N6OS. The molecule has 1 aliphatic heterocycles. The number of amides is 1. The second-order valence-corrected chi connectivity index (χ2v) is 8.69. The lowest BCUT2D eigenvalue weighted by molar-refractivity contribution is 0.0718. The quantitative estimate of drug-likeness (QED) is 0.712. The standard InChI is InChI=1S/C20H24N6OS/c1-13(14-5-6-14)22-17-11-16(19(27)25-7-3-2-4-8-25)23-18(24-17)15-12-21-26-9-10-28-20(15)26/h9-14H,2-8H2,1H3,(H,22,23,24)/t13-/m0/s1. The number of hydrogen-bond donors (Lipinski definition) is 1. The molecule has 2 fully saturated rings. The number of nitrogens with one attached hydrogen (secondary N) is 1. The fourth-order valence-electron chi connectivity index (χ4n) is 3.84. The predicted molar refractivity (Wildman–Crippen MR) is 110 cm³/mol. The number of fused-ring (bicyclic) bond motifs is 1. The summed E-state index contributed by atoms with van der Waals surface area (Å²) in [5, 5.41) is 9.87. The minimum Gasteiger partial charge on any atom is -0.367 e. The molecule has 0 unspecified atom stereocenters. The van der Waals surface area contributed by atoms with Crippen LogP contribution in [0.15, 0.2) is 23.8 Å². The molecule has 4 heterocycles. The van der Waals surface area contributed by atoms with Gasteiger partial charge in [-0.2, -0.15) is 5.10 Å². The van der Waals surface area contributed by atoms with Crippen molar-refractivity contribution in [1.29, 1.82) is 0 Å². The van der Waals surface area contributed by atoms with Gasteiger partial charge in [-0.1, -0.05) is 0 Å². The first-order valence-electron chi connectivity index (χ1n) is 10.0. The van der Waals surface area contributed by atoms with Crippen LogP contribution in [0.25, 0.3) is 16.2 Å². The molecule has 0 spiro atoms. The van der Waals surface area contributed by atoms with Crippen LogP contribution in [0.1, 0.15) is 49.5 Å². The van der Waals surface area contributed by atoms with Crippen molar-refractivity contribution < 1.29 is 4.79 Å². The number of likely N-dealkylation sites (tertiary alicyclic amines) is 1. The van der Waals surface area contributed by atoms with Crippen molar-refractivity contribution in [2.75, 3.05) is 18.4 Å². The number of piperidine rings is 1. The first-order chi connectivity index (χ1) is 13.7. The molecule has 3 aromatic heterocycles. The van der Waals surface area contributed by atoms with Gasteiger partial charge in [0.2, 0.25) is 0 Å². The van der Waals surface area contributed by atoms with E-state index in [2.05, 4.69) is 22.3 Å². The molecule has 0 radical (unpaired) electrons. The van der Waals surface area contributed by atoms with E-state index >= 15 is 0 Å². The summed E-state index contributed by atoms with van der Waals surface area (Å²) in [5.41, 5.74) is 1.33. The number of anilines is 1. The topological polar surface area (TPSA) is 75.4 Å². The van der Waals surface area contributed by atoms with Gasteiger partial charge in [0, 0.05) is 36.8 Å². The Morgan fingerprint density at radius 2 is 2.07 bits per heavy atom. The van der Waals surface area contributed by atoms with Crippen LogP contribution in [-0.4, -0.2) is 49.5 Å². The molecule has 5 rings (SSSR count). The Hall–Kier alpha value is -2.48. The fraction of sp³-hybridized carbons (Fsp3) is 0.500. The molecule has 1 saturated carbocycles. The van der Waals surface area contributed by atoms with Crippen molar-refractivity contribution in [3.8, 4) is 11.4 Å². The lowest BCUT2D eigenvalue weighted by atomic mass is 10.1. The van der Waals surface area contributed by atoms with Gasteiger partial charge in [0.05, 0.1) is 11.8 Å². The molecule has 0 bridgehead atoms. The highest BCUT2D eigenvalue weighted by molar-refractivity contribution is 7.16. The first kappa shape index (κ1) is 17.6. The number of carbonyl (C=O) groups is 1. The van der Waals surface area contributed by atoms with Crippen LogP contribution >= 0.6 is 11.3 Å². The number of carbonyl (C=O) groups excluding carboxylic acids is 1. The number of aromatic nitrogens is 4. The SMILES string of the molecule is C[C@H](Nc1cc(C(=O)N2CCCCC2)nc(-c2cnn3ccsc23)n1)C1CC1. The van der Waals surface area contributed by atoms with E-state index < -0.39 is 0 Å². The van der Waals surface area contributed by atoms with Gasteiger partial charge in [0.1, 0.15) is 16.3 Å². The zero-order valence-corrected chi connectivity index (χ0v) is 16.8. The summed E-state index contributed by atoms with van der Waals surface area (Å²) < 4.78 is 1.82. The van der Waals surface area contributed by atoms with Crippen LogP contribution in [0.3, 0.4) is 0 Å². The highest BCUT2D eigenvalue weighted by Crippen LogP contribution is 2.34. The molecular weight excluding hydrogens is 372 g/mol. The largest absolute Gasteiger partial charge is 0.367 e. The molecule has 28 heavy (non-hydrogen) atoms. The molecule has 1 N–H and O–H groups in total. The van der Waals surface area contributed by atoms with Crippen LogP contribution in [0.2, 0.25) is 0 Å². The van der Waals surface area contributed by atoms with Crippen molar-refractivity contribution >= 4 is 27.9 Å². The molecule has 7 nitrogen and oxygen atoms in total. The first-order valence-corrected chi connectivity index (χ1v) is 10.9. The van der Waals surface area contributed by atoms with Gasteiger partial charge in [0.25, 0.3) is 5.91 Å². The molecule has 8 heteroatoms. The summed E-state index contributed by atoms with van der Waals surface area (Å²) in [7, 11) is 0. The second-order valence-electron chi connectivity index (χ2n) is 7.80. The van der Waals surface area contributed by atoms with Crippen LogP contribution in [0.5, 0.6) is 0 Å². The summed E-state index contributed by atoms with van der Waals surface area (Å²) in [6, 6.07) is 2.16. The summed E-state index contributed by atoms with van der Waals surface area (Å²) in [6.45, 7) is 3.80. The minimum atomic E-state index is 0.0000619. The highest BCUT2D eigenvalue weighted by atomic mass is 32.1. The Balaban J connectivity index is 1.53. The summed E-state index contributed by atoms with van der Waals surface area (Å²) in [4.78, 5) is 25.4. The number of hydrogen-bond acceptors (Lipinski definition) is 6. The summed E-state index contributed by atoms with van der Waals surface area (Å²) >= 11 is 1.60. The van der Waals surface area contributed by atoms with E-state index in [9.17, 15) is 4.79 Å². The number of nitrogens with zero attached hydrogens (tertiary/aromatic N) is 5. The maximum atomic E-state index is 13.1. The lowest BCUT2D eigenvalue weighted by Gasteiger charge is -2.26. The Labute approximate surface area is 167 Å². The van der Waals surface area contributed by atoms with E-state index in [1.807, 2.05) is 27.1 Å². The van der Waals surface area contributed by atoms with Crippen molar-refractivity contribution in [3.05, 3.63) is 29.5 Å². The van der Waals surface area contributed by atoms with Gasteiger partial charge in [-0.05, 0) is 44.9 Å². The van der Waals surface area contributed by atoms with Crippen LogP contribution in [-0.2, 0) is 0 Å². The second kappa shape index (κ2) is 7.16. The van der Waals surface area contributed by atoms with Crippen LogP contribution in [0.4, 0.5) is 5.82 Å². The van der Waals surface area contributed by atoms with Gasteiger partial charge < -0.3 is 10.2 Å². The molecule has 2 aliphatic rings. The third-order valence-electron chi connectivity index (χ3n) is 5.67. The van der Waals surface area contributed by atoms with Crippen LogP contribution < -0.4 is 5.32 Å². The average molecular weight is 397 g/mol. The predicted octanol–water partition coefficient (Wildman–Crippen LogP) is 3.69. The van der Waals surface area contributed by atoms with Crippen molar-refractivity contribution in [2.45, 2.75) is 45.1 Å². The molecule has 146 valence electrons. The van der Waals surface area contributed by atoms with Crippen LogP contribution in [0, 0.1) is 5.92 Å². The Morgan fingerprint density at radius 1 is 1.25 bits per heavy atom. The normalized spacial score (nSPS) is 18.4. The molecule has 1 atom stereocenters. The van der Waals surface area contributed by atoms with E-state index in [0.29, 0.717) is 23.5 Å². The summed E-state index contributed by atoms with van der Waals surface area (Å²) in [5.74, 6) is 1.98. The van der Waals surface area contributed by atoms with E-state index in [1.54, 1.807) is 17.5 Å². The minimum absolute atomic E-state index is 0.0000619. The molecule has 1 aliphatic carbocycles. The van der Waals surface area contributed by atoms with Gasteiger partial charge >= 0.3 is 0 Å². The maximum absolute atomic E-state index is 13.1. The molecule has 1 saturated heterocycles. The third-order valence-corrected chi connectivity index (χ3v) is 6.55. The smallest absolute Gasteiger partial charge is 0.272 e. The van der Waals surface area contributed by atoms with E-state index in [-0.39, 0.29) is 5.91 Å². The lowest BCUT2D eigenvalue weighted by Crippen LogP contribution is -2.36. The van der Waals surface area contributed by atoms with Gasteiger partial charge in [-0.3, -0.25) is 4.79 Å². The number of thiazole rings is 1. The molecule has 3 aromatic rings. The van der Waals surface area contributed by atoms with Crippen molar-refractivity contribution in [2.24, 2.45) is 5.92 Å².